The van der Waals surface area contributed by atoms with Gasteiger partial charge in [-0.05, 0) is 44.4 Å². The van der Waals surface area contributed by atoms with Crippen LogP contribution >= 0.6 is 0 Å². The molecule has 1 aliphatic heterocycles. The number of aromatic nitrogens is 5. The molecule has 3 aliphatic rings. The van der Waals surface area contributed by atoms with E-state index in [1.807, 2.05) is 12.5 Å². The molecule has 2 aromatic heterocycles. The molecule has 3 heterocycles. The number of rotatable bonds is 6. The van der Waals surface area contributed by atoms with Gasteiger partial charge in [-0.25, -0.2) is 4.98 Å². The second-order valence-corrected chi connectivity index (χ2v) is 8.82. The van der Waals surface area contributed by atoms with Crippen molar-refractivity contribution in [2.24, 2.45) is 5.92 Å². The fourth-order valence-corrected chi connectivity index (χ4v) is 4.98. The Bertz CT molecular complexity index is 795. The second-order valence-electron chi connectivity index (χ2n) is 8.82. The zero-order chi connectivity index (χ0) is 18.9. The van der Waals surface area contributed by atoms with E-state index >= 15 is 0 Å². The number of amides is 1. The third-order valence-corrected chi connectivity index (χ3v) is 6.74. The summed E-state index contributed by atoms with van der Waals surface area (Å²) < 4.78 is 4.44. The molecule has 0 spiro atoms. The van der Waals surface area contributed by atoms with Crippen LogP contribution < -0.4 is 0 Å². The van der Waals surface area contributed by atoms with Crippen LogP contribution in [0.25, 0.3) is 0 Å². The van der Waals surface area contributed by atoms with E-state index in [9.17, 15) is 4.79 Å². The molecule has 2 saturated carbocycles. The van der Waals surface area contributed by atoms with Crippen molar-refractivity contribution in [2.45, 2.75) is 76.3 Å². The summed E-state index contributed by atoms with van der Waals surface area (Å²) in [7, 11) is 0. The van der Waals surface area contributed by atoms with E-state index in [1.165, 1.54) is 38.5 Å². The lowest BCUT2D eigenvalue weighted by atomic mass is 9.94. The fraction of sp³-hybridized carbons (Fsp3) is 0.714. The molecular weight excluding hydrogens is 352 g/mol. The molecule has 0 unspecified atom stereocenters. The molecular formula is C21H30N6O. The Morgan fingerprint density at radius 1 is 1.04 bits per heavy atom. The van der Waals surface area contributed by atoms with Gasteiger partial charge in [-0.15, -0.1) is 10.2 Å². The average molecular weight is 383 g/mol. The standard InChI is InChI=1S/C21H30N6O/c28-20(13-16-3-1-2-4-16)26-10-7-17(8-11-26)21-24-23-19(27(21)18-5-6-18)14-25-12-9-22-15-25/h9,12,15-18H,1-8,10-11,13-14H2. The Kier molecular flexibility index (Phi) is 4.91. The van der Waals surface area contributed by atoms with Gasteiger partial charge < -0.3 is 14.0 Å². The molecule has 28 heavy (non-hydrogen) atoms. The monoisotopic (exact) mass is 382 g/mol. The molecule has 7 nitrogen and oxygen atoms in total. The van der Waals surface area contributed by atoms with E-state index < -0.39 is 0 Å². The lowest BCUT2D eigenvalue weighted by Gasteiger charge is -2.32. The average Bonchev–Trinajstić information content (AvgIpc) is 3.11. The highest BCUT2D eigenvalue weighted by Crippen LogP contribution is 2.40. The predicted molar refractivity (Wildman–Crippen MR) is 105 cm³/mol. The van der Waals surface area contributed by atoms with Crippen LogP contribution in [-0.2, 0) is 11.3 Å². The van der Waals surface area contributed by atoms with Crippen molar-refractivity contribution >= 4 is 5.91 Å². The minimum Gasteiger partial charge on any atom is -0.343 e. The van der Waals surface area contributed by atoms with Crippen molar-refractivity contribution in [3.05, 3.63) is 30.4 Å². The van der Waals surface area contributed by atoms with E-state index in [1.54, 1.807) is 6.20 Å². The van der Waals surface area contributed by atoms with Crippen LogP contribution in [0.4, 0.5) is 0 Å². The fourth-order valence-electron chi connectivity index (χ4n) is 4.98. The van der Waals surface area contributed by atoms with Crippen LogP contribution in [0.15, 0.2) is 18.7 Å². The lowest BCUT2D eigenvalue weighted by molar-refractivity contribution is -0.133. The number of piperidine rings is 1. The molecule has 0 aromatic carbocycles. The molecule has 0 atom stereocenters. The highest BCUT2D eigenvalue weighted by atomic mass is 16.2. The maximum absolute atomic E-state index is 12.6. The van der Waals surface area contributed by atoms with Gasteiger partial charge in [0.15, 0.2) is 5.82 Å². The summed E-state index contributed by atoms with van der Waals surface area (Å²) in [5.41, 5.74) is 0. The Balaban J connectivity index is 1.23. The first kappa shape index (κ1) is 17.9. The van der Waals surface area contributed by atoms with Gasteiger partial charge in [0.1, 0.15) is 5.82 Å². The lowest BCUT2D eigenvalue weighted by Crippen LogP contribution is -2.39. The van der Waals surface area contributed by atoms with Crippen molar-refractivity contribution in [3.8, 4) is 0 Å². The molecule has 0 radical (unpaired) electrons. The quantitative estimate of drug-likeness (QED) is 0.770. The molecule has 7 heteroatoms. The van der Waals surface area contributed by atoms with Gasteiger partial charge in [0, 0.05) is 43.9 Å². The predicted octanol–water partition coefficient (Wildman–Crippen LogP) is 3.14. The molecule has 0 N–H and O–H groups in total. The van der Waals surface area contributed by atoms with Gasteiger partial charge in [0.2, 0.25) is 5.91 Å². The van der Waals surface area contributed by atoms with E-state index in [4.69, 9.17) is 0 Å². The van der Waals surface area contributed by atoms with Crippen molar-refractivity contribution in [3.63, 3.8) is 0 Å². The van der Waals surface area contributed by atoms with Crippen LogP contribution in [-0.4, -0.2) is 48.2 Å². The number of carbonyl (C=O) groups excluding carboxylic acids is 1. The van der Waals surface area contributed by atoms with E-state index in [2.05, 4.69) is 29.2 Å². The van der Waals surface area contributed by atoms with Crippen LogP contribution in [0.5, 0.6) is 0 Å². The first-order valence-electron chi connectivity index (χ1n) is 10.9. The number of likely N-dealkylation sites (tertiary alicyclic amines) is 1. The SMILES string of the molecule is O=C(CC1CCCC1)N1CCC(c2nnc(Cn3ccnc3)n2C2CC2)CC1. The first-order valence-corrected chi connectivity index (χ1v) is 10.9. The van der Waals surface area contributed by atoms with Crippen molar-refractivity contribution in [1.82, 2.24) is 29.2 Å². The zero-order valence-corrected chi connectivity index (χ0v) is 16.5. The molecule has 2 aliphatic carbocycles. The maximum atomic E-state index is 12.6. The highest BCUT2D eigenvalue weighted by Gasteiger charge is 2.34. The molecule has 3 fully saturated rings. The van der Waals surface area contributed by atoms with Crippen molar-refractivity contribution in [1.29, 1.82) is 0 Å². The van der Waals surface area contributed by atoms with Gasteiger partial charge in [0.25, 0.3) is 0 Å². The van der Waals surface area contributed by atoms with Crippen LogP contribution in [0, 0.1) is 5.92 Å². The summed E-state index contributed by atoms with van der Waals surface area (Å²) in [5.74, 6) is 3.60. The summed E-state index contributed by atoms with van der Waals surface area (Å²) in [6, 6.07) is 0.561. The van der Waals surface area contributed by atoms with Crippen molar-refractivity contribution in [2.75, 3.05) is 13.1 Å². The normalized spacial score (nSPS) is 21.5. The summed E-state index contributed by atoms with van der Waals surface area (Å²) in [6.45, 7) is 2.46. The largest absolute Gasteiger partial charge is 0.343 e. The van der Waals surface area contributed by atoms with Crippen LogP contribution in [0.3, 0.4) is 0 Å². The number of imidazole rings is 1. The van der Waals surface area contributed by atoms with Gasteiger partial charge in [-0.2, -0.15) is 0 Å². The van der Waals surface area contributed by atoms with Crippen LogP contribution in [0.1, 0.15) is 81.4 Å². The molecule has 1 saturated heterocycles. The summed E-state index contributed by atoms with van der Waals surface area (Å²) in [6.07, 6.45) is 15.9. The molecule has 2 aromatic rings. The molecule has 0 bridgehead atoms. The highest BCUT2D eigenvalue weighted by molar-refractivity contribution is 5.76. The minimum absolute atomic E-state index is 0.370. The topological polar surface area (TPSA) is 68.8 Å². The summed E-state index contributed by atoms with van der Waals surface area (Å²) >= 11 is 0. The Morgan fingerprint density at radius 3 is 2.50 bits per heavy atom. The first-order chi connectivity index (χ1) is 13.8. The summed E-state index contributed by atoms with van der Waals surface area (Å²) in [5, 5.41) is 9.14. The van der Waals surface area contributed by atoms with E-state index in [0.29, 0.717) is 23.8 Å². The Hall–Kier alpha value is -2.18. The Morgan fingerprint density at radius 2 is 1.82 bits per heavy atom. The molecule has 150 valence electrons. The van der Waals surface area contributed by atoms with Gasteiger partial charge in [0.05, 0.1) is 12.9 Å². The van der Waals surface area contributed by atoms with Gasteiger partial charge in [-0.1, -0.05) is 12.8 Å². The maximum Gasteiger partial charge on any atom is 0.222 e. The zero-order valence-electron chi connectivity index (χ0n) is 16.5. The minimum atomic E-state index is 0.370. The third kappa shape index (κ3) is 3.71. The summed E-state index contributed by atoms with van der Waals surface area (Å²) in [4.78, 5) is 18.9. The molecule has 1 amide bonds. The number of hydrogen-bond acceptors (Lipinski definition) is 4. The third-order valence-electron chi connectivity index (χ3n) is 6.74. The van der Waals surface area contributed by atoms with E-state index in [0.717, 1.165) is 50.5 Å². The number of carbonyl (C=O) groups is 1. The van der Waals surface area contributed by atoms with Gasteiger partial charge in [-0.3, -0.25) is 4.79 Å². The molecule has 5 rings (SSSR count). The van der Waals surface area contributed by atoms with Crippen LogP contribution in [0.2, 0.25) is 0 Å². The number of hydrogen-bond donors (Lipinski definition) is 0. The van der Waals surface area contributed by atoms with E-state index in [-0.39, 0.29) is 0 Å². The van der Waals surface area contributed by atoms with Crippen molar-refractivity contribution < 1.29 is 4.79 Å². The second kappa shape index (κ2) is 7.68. The number of nitrogens with zero attached hydrogens (tertiary/aromatic N) is 6. The smallest absolute Gasteiger partial charge is 0.222 e. The Labute approximate surface area is 166 Å². The van der Waals surface area contributed by atoms with Gasteiger partial charge >= 0.3 is 0 Å².